The van der Waals surface area contributed by atoms with E-state index in [1.807, 2.05) is 13.8 Å². The second-order valence-corrected chi connectivity index (χ2v) is 2.67. The quantitative estimate of drug-likeness (QED) is 0.595. The van der Waals surface area contributed by atoms with E-state index in [1.54, 1.807) is 7.05 Å². The van der Waals surface area contributed by atoms with Crippen LogP contribution in [0.15, 0.2) is 0 Å². The van der Waals surface area contributed by atoms with Crippen molar-refractivity contribution in [1.82, 2.24) is 4.90 Å². The summed E-state index contributed by atoms with van der Waals surface area (Å²) in [6.45, 7) is 5.53. The van der Waals surface area contributed by atoms with E-state index < -0.39 is 0 Å². The molecule has 1 atom stereocenters. The fourth-order valence-electron chi connectivity index (χ4n) is 1.28. The largest absolute Gasteiger partial charge is 0.336 e. The summed E-state index contributed by atoms with van der Waals surface area (Å²) < 4.78 is 0. The molecular weight excluding hydrogens is 154 g/mol. The Hall–Kier alpha value is -0.860. The van der Waals surface area contributed by atoms with Crippen molar-refractivity contribution in [2.45, 2.75) is 39.7 Å². The van der Waals surface area contributed by atoms with Gasteiger partial charge in [0.1, 0.15) is 0 Å². The van der Waals surface area contributed by atoms with Crippen molar-refractivity contribution in [3.05, 3.63) is 0 Å². The van der Waals surface area contributed by atoms with Gasteiger partial charge in [0.25, 0.3) is 0 Å². The van der Waals surface area contributed by atoms with Crippen LogP contribution in [0.3, 0.4) is 0 Å². The first kappa shape index (κ1) is 11.1. The van der Waals surface area contributed by atoms with Crippen LogP contribution in [0.5, 0.6) is 0 Å². The Balaban J connectivity index is 0.000000561. The minimum Gasteiger partial charge on any atom is -0.336 e. The zero-order chi connectivity index (χ0) is 9.72. The lowest BCUT2D eigenvalue weighted by Gasteiger charge is -2.15. The highest BCUT2D eigenvalue weighted by molar-refractivity contribution is 5.90. The van der Waals surface area contributed by atoms with Crippen molar-refractivity contribution in [3.8, 4) is 0 Å². The highest BCUT2D eigenvalue weighted by atomic mass is 16.2. The second kappa shape index (κ2) is 4.91. The van der Waals surface area contributed by atoms with Gasteiger partial charge in [0, 0.05) is 13.5 Å². The Morgan fingerprint density at radius 2 is 2.00 bits per heavy atom. The molecule has 0 bridgehead atoms. The van der Waals surface area contributed by atoms with Crippen molar-refractivity contribution in [2.24, 2.45) is 0 Å². The van der Waals surface area contributed by atoms with Gasteiger partial charge in [-0.25, -0.2) is 0 Å². The van der Waals surface area contributed by atoms with Gasteiger partial charge in [0.15, 0.2) is 5.78 Å². The van der Waals surface area contributed by atoms with Gasteiger partial charge in [0.2, 0.25) is 5.91 Å². The molecule has 1 aliphatic rings. The summed E-state index contributed by atoms with van der Waals surface area (Å²) in [5, 5.41) is 0. The van der Waals surface area contributed by atoms with Crippen LogP contribution in [-0.4, -0.2) is 29.7 Å². The van der Waals surface area contributed by atoms with E-state index in [0.29, 0.717) is 12.8 Å². The number of carbonyl (C=O) groups excluding carboxylic acids is 2. The first-order valence-electron chi connectivity index (χ1n) is 4.39. The Morgan fingerprint density at radius 1 is 1.50 bits per heavy atom. The predicted molar refractivity (Wildman–Crippen MR) is 47.8 cm³/mol. The lowest BCUT2D eigenvalue weighted by atomic mass is 10.1. The minimum absolute atomic E-state index is 0.0835. The lowest BCUT2D eigenvalue weighted by Crippen LogP contribution is -2.33. The fourth-order valence-corrected chi connectivity index (χ4v) is 1.28. The number of nitrogens with zero attached hydrogens (tertiary/aromatic N) is 1. The van der Waals surface area contributed by atoms with Crippen molar-refractivity contribution < 1.29 is 9.59 Å². The third-order valence-electron chi connectivity index (χ3n) is 1.96. The standard InChI is InChI=1S/C7H11NO2.C2H6/c1-5(9)6-3-4-7(10)8(6)2;1-2/h6H,3-4H2,1-2H3;1-2H3/t6-;/m0./s1. The van der Waals surface area contributed by atoms with Crippen LogP contribution in [0.25, 0.3) is 0 Å². The van der Waals surface area contributed by atoms with Gasteiger partial charge in [0.05, 0.1) is 6.04 Å². The van der Waals surface area contributed by atoms with Crippen LogP contribution in [0, 0.1) is 0 Å². The van der Waals surface area contributed by atoms with Crippen LogP contribution >= 0.6 is 0 Å². The topological polar surface area (TPSA) is 37.4 Å². The number of amides is 1. The summed E-state index contributed by atoms with van der Waals surface area (Å²) in [6.07, 6.45) is 1.23. The summed E-state index contributed by atoms with van der Waals surface area (Å²) >= 11 is 0. The molecule has 1 saturated heterocycles. The van der Waals surface area contributed by atoms with Crippen LogP contribution in [0.1, 0.15) is 33.6 Å². The number of hydrogen-bond donors (Lipinski definition) is 0. The number of hydrogen-bond acceptors (Lipinski definition) is 2. The summed E-state index contributed by atoms with van der Waals surface area (Å²) in [7, 11) is 1.68. The fraction of sp³-hybridized carbons (Fsp3) is 0.778. The molecule has 0 aromatic rings. The number of Topliss-reactive ketones (excluding diaryl/α,β-unsaturated/α-hetero) is 1. The molecule has 70 valence electrons. The number of likely N-dealkylation sites (tertiary alicyclic amines) is 1. The Morgan fingerprint density at radius 3 is 2.17 bits per heavy atom. The third kappa shape index (κ3) is 2.32. The zero-order valence-corrected chi connectivity index (χ0v) is 8.26. The Labute approximate surface area is 73.7 Å². The van der Waals surface area contributed by atoms with Gasteiger partial charge in [-0.05, 0) is 13.3 Å². The van der Waals surface area contributed by atoms with Gasteiger partial charge in [-0.15, -0.1) is 0 Å². The smallest absolute Gasteiger partial charge is 0.223 e. The maximum absolute atomic E-state index is 10.9. The Kier molecular flexibility index (Phi) is 4.55. The molecule has 0 unspecified atom stereocenters. The van der Waals surface area contributed by atoms with Crippen molar-refractivity contribution >= 4 is 11.7 Å². The first-order valence-corrected chi connectivity index (χ1v) is 4.39. The monoisotopic (exact) mass is 171 g/mol. The summed E-state index contributed by atoms with van der Waals surface area (Å²) in [4.78, 5) is 23.2. The third-order valence-corrected chi connectivity index (χ3v) is 1.96. The van der Waals surface area contributed by atoms with Gasteiger partial charge in [-0.2, -0.15) is 0 Å². The number of rotatable bonds is 1. The van der Waals surface area contributed by atoms with E-state index in [4.69, 9.17) is 0 Å². The molecule has 3 heteroatoms. The van der Waals surface area contributed by atoms with E-state index in [1.165, 1.54) is 11.8 Å². The van der Waals surface area contributed by atoms with E-state index in [9.17, 15) is 9.59 Å². The average molecular weight is 171 g/mol. The maximum Gasteiger partial charge on any atom is 0.223 e. The molecule has 12 heavy (non-hydrogen) atoms. The van der Waals surface area contributed by atoms with Crippen LogP contribution in [0.2, 0.25) is 0 Å². The molecular formula is C9H17NO2. The SMILES string of the molecule is CC.CC(=O)[C@@H]1CCC(=O)N1C. The van der Waals surface area contributed by atoms with Gasteiger partial charge in [-0.3, -0.25) is 9.59 Å². The summed E-state index contributed by atoms with van der Waals surface area (Å²) in [5.74, 6) is 0.175. The molecule has 0 aromatic heterocycles. The highest BCUT2D eigenvalue weighted by Crippen LogP contribution is 2.16. The van der Waals surface area contributed by atoms with E-state index in [0.717, 1.165) is 0 Å². The van der Waals surface area contributed by atoms with Crippen molar-refractivity contribution in [1.29, 1.82) is 0 Å². The van der Waals surface area contributed by atoms with Crippen LogP contribution in [0.4, 0.5) is 0 Å². The minimum atomic E-state index is -0.146. The molecule has 1 aliphatic heterocycles. The van der Waals surface area contributed by atoms with Crippen molar-refractivity contribution in [2.75, 3.05) is 7.05 Å². The number of likely N-dealkylation sites (N-methyl/N-ethyl adjacent to an activating group) is 1. The second-order valence-electron chi connectivity index (χ2n) is 2.67. The molecule has 0 saturated carbocycles. The molecule has 0 N–H and O–H groups in total. The van der Waals surface area contributed by atoms with Crippen LogP contribution < -0.4 is 0 Å². The van der Waals surface area contributed by atoms with E-state index in [2.05, 4.69) is 0 Å². The predicted octanol–water partition coefficient (Wildman–Crippen LogP) is 1.22. The molecule has 0 spiro atoms. The molecule has 0 radical (unpaired) electrons. The lowest BCUT2D eigenvalue weighted by molar-refractivity contribution is -0.132. The molecule has 1 heterocycles. The van der Waals surface area contributed by atoms with Gasteiger partial charge >= 0.3 is 0 Å². The van der Waals surface area contributed by atoms with Crippen molar-refractivity contribution in [3.63, 3.8) is 0 Å². The first-order chi connectivity index (χ1) is 5.63. The molecule has 0 aromatic carbocycles. The summed E-state index contributed by atoms with van der Waals surface area (Å²) in [5.41, 5.74) is 0. The average Bonchev–Trinajstić information content (AvgIpc) is 2.37. The van der Waals surface area contributed by atoms with Crippen LogP contribution in [-0.2, 0) is 9.59 Å². The molecule has 1 amide bonds. The highest BCUT2D eigenvalue weighted by Gasteiger charge is 2.30. The molecule has 3 nitrogen and oxygen atoms in total. The van der Waals surface area contributed by atoms with E-state index in [-0.39, 0.29) is 17.7 Å². The number of ketones is 1. The van der Waals surface area contributed by atoms with Gasteiger partial charge < -0.3 is 4.90 Å². The number of carbonyl (C=O) groups is 2. The maximum atomic E-state index is 10.9. The van der Waals surface area contributed by atoms with E-state index >= 15 is 0 Å². The van der Waals surface area contributed by atoms with Gasteiger partial charge in [-0.1, -0.05) is 13.8 Å². The normalized spacial score (nSPS) is 21.8. The molecule has 1 rings (SSSR count). The molecule has 1 fully saturated rings. The summed E-state index contributed by atoms with van der Waals surface area (Å²) in [6, 6.07) is -0.146. The zero-order valence-electron chi connectivity index (χ0n) is 8.26. The Bertz CT molecular complexity index is 177. The molecule has 0 aliphatic carbocycles.